The van der Waals surface area contributed by atoms with Crippen molar-refractivity contribution in [3.05, 3.63) is 88.0 Å². The lowest BCUT2D eigenvalue weighted by Crippen LogP contribution is -2.47. The monoisotopic (exact) mass is 641 g/mol. The van der Waals surface area contributed by atoms with Crippen molar-refractivity contribution in [2.45, 2.75) is 38.2 Å². The molecule has 0 bridgehead atoms. The first-order valence-electron chi connectivity index (χ1n) is 13.3. The Balaban J connectivity index is 1.61. The van der Waals surface area contributed by atoms with Gasteiger partial charge >= 0.3 is 18.4 Å². The van der Waals surface area contributed by atoms with Crippen LogP contribution >= 0.6 is 0 Å². The number of hydrogen-bond acceptors (Lipinski definition) is 5. The third-order valence-corrected chi connectivity index (χ3v) is 7.41. The first kappa shape index (κ1) is 33.1. The van der Waals surface area contributed by atoms with Crippen LogP contribution in [0.4, 0.5) is 41.5 Å². The molecule has 1 aliphatic rings. The summed E-state index contributed by atoms with van der Waals surface area (Å²) in [5.74, 6) is -3.51. The summed E-state index contributed by atoms with van der Waals surface area (Å²) in [7, 11) is 1.26. The van der Waals surface area contributed by atoms with E-state index in [2.05, 4.69) is 9.97 Å². The predicted octanol–water partition coefficient (Wildman–Crippen LogP) is 5.96. The molecule has 2 heterocycles. The fourth-order valence-electron chi connectivity index (χ4n) is 5.33. The van der Waals surface area contributed by atoms with Crippen LogP contribution in [0, 0.1) is 18.7 Å². The Labute approximate surface area is 251 Å². The molecule has 0 aliphatic carbocycles. The average molecular weight is 642 g/mol. The summed E-state index contributed by atoms with van der Waals surface area (Å²) in [6, 6.07) is 5.00. The van der Waals surface area contributed by atoms with E-state index in [0.29, 0.717) is 23.3 Å². The number of likely N-dealkylation sites (tertiary alicyclic amines) is 1. The Morgan fingerprint density at radius 2 is 1.60 bits per heavy atom. The van der Waals surface area contributed by atoms with E-state index in [-0.39, 0.29) is 42.7 Å². The first-order chi connectivity index (χ1) is 20.9. The number of rotatable bonds is 6. The Hall–Kier alpha value is -4.76. The zero-order valence-corrected chi connectivity index (χ0v) is 23.7. The van der Waals surface area contributed by atoms with Crippen molar-refractivity contribution in [3.8, 4) is 0 Å². The van der Waals surface area contributed by atoms with Crippen LogP contribution in [0.15, 0.2) is 48.8 Å². The van der Waals surface area contributed by atoms with Gasteiger partial charge in [0.15, 0.2) is 0 Å². The minimum atomic E-state index is -5.05. The van der Waals surface area contributed by atoms with Gasteiger partial charge in [-0.05, 0) is 60.4 Å². The van der Waals surface area contributed by atoms with Crippen molar-refractivity contribution >= 4 is 23.9 Å². The zero-order chi connectivity index (χ0) is 33.3. The maximum absolute atomic E-state index is 14.0. The van der Waals surface area contributed by atoms with E-state index in [4.69, 9.17) is 5.11 Å². The number of carbonyl (C=O) groups is 3. The molecule has 1 aliphatic heterocycles. The molecule has 2 unspecified atom stereocenters. The third-order valence-electron chi connectivity index (χ3n) is 7.41. The van der Waals surface area contributed by atoms with Gasteiger partial charge in [0, 0.05) is 50.9 Å². The van der Waals surface area contributed by atoms with E-state index in [1.807, 2.05) is 5.32 Å². The van der Waals surface area contributed by atoms with Gasteiger partial charge in [0.1, 0.15) is 5.82 Å². The summed E-state index contributed by atoms with van der Waals surface area (Å²) in [5.41, 5.74) is -2.37. The van der Waals surface area contributed by atoms with Crippen molar-refractivity contribution in [3.63, 3.8) is 0 Å². The van der Waals surface area contributed by atoms with E-state index in [0.717, 1.165) is 17.3 Å². The number of nitrogens with zero attached hydrogens (tertiary/aromatic N) is 4. The molecular formula is C29H26F7N5O4. The number of benzene rings is 2. The topological polar surface area (TPSA) is 116 Å². The van der Waals surface area contributed by atoms with Crippen molar-refractivity contribution in [1.29, 1.82) is 0 Å². The molecule has 1 aromatic heterocycles. The molecule has 0 radical (unpaired) electrons. The van der Waals surface area contributed by atoms with E-state index < -0.39 is 65.6 Å². The molecule has 2 N–H and O–H groups in total. The normalized spacial score (nSPS) is 17.1. The Kier molecular flexibility index (Phi) is 9.35. The summed E-state index contributed by atoms with van der Waals surface area (Å²) in [4.78, 5) is 47.8. The van der Waals surface area contributed by atoms with Crippen molar-refractivity contribution in [1.82, 2.24) is 19.8 Å². The Morgan fingerprint density at radius 1 is 1.00 bits per heavy atom. The number of alkyl halides is 6. The van der Waals surface area contributed by atoms with Crippen LogP contribution < -0.4 is 5.32 Å². The molecule has 2 aromatic carbocycles. The van der Waals surface area contributed by atoms with Crippen molar-refractivity contribution in [2.24, 2.45) is 5.92 Å². The molecule has 0 spiro atoms. The molecule has 3 aromatic rings. The summed E-state index contributed by atoms with van der Waals surface area (Å²) < 4.78 is 94.2. The predicted molar refractivity (Wildman–Crippen MR) is 144 cm³/mol. The number of carbonyl (C=O) groups excluding carboxylic acids is 2. The van der Waals surface area contributed by atoms with Gasteiger partial charge in [0.05, 0.1) is 16.7 Å². The largest absolute Gasteiger partial charge is 0.465 e. The highest BCUT2D eigenvalue weighted by Crippen LogP contribution is 2.38. The molecule has 1 fully saturated rings. The van der Waals surface area contributed by atoms with E-state index >= 15 is 0 Å². The third kappa shape index (κ3) is 7.85. The van der Waals surface area contributed by atoms with Crippen molar-refractivity contribution in [2.75, 3.05) is 25.5 Å². The standard InChI is InChI=1S/C29H26F7N5O4/c1-15-7-20(30)3-4-21(15)23-14-41(24(42)17-11-37-26(38-12-17)39-27(44)45)6-5-22(23)25(43)40(2)13-16-8-18(28(31,32)33)10-19(9-16)29(34,35)36/h3-4,7-12,22-23H,5-6,13-14H2,1-2H3,(H,44,45)(H,37,38,39). The number of carboxylic acid groups (broad SMARTS) is 1. The van der Waals surface area contributed by atoms with Crippen LogP contribution in [-0.2, 0) is 23.7 Å². The fraction of sp³-hybridized carbons (Fsp3) is 0.345. The number of hydrogen-bond donors (Lipinski definition) is 2. The molecule has 9 nitrogen and oxygen atoms in total. The minimum absolute atomic E-state index is 0.00660. The lowest BCUT2D eigenvalue weighted by atomic mass is 9.78. The molecule has 240 valence electrons. The molecule has 45 heavy (non-hydrogen) atoms. The molecular weight excluding hydrogens is 615 g/mol. The van der Waals surface area contributed by atoms with Gasteiger partial charge < -0.3 is 14.9 Å². The van der Waals surface area contributed by atoms with Crippen LogP contribution in [0.2, 0.25) is 0 Å². The van der Waals surface area contributed by atoms with Gasteiger partial charge in [-0.25, -0.2) is 19.2 Å². The zero-order valence-electron chi connectivity index (χ0n) is 23.7. The minimum Gasteiger partial charge on any atom is -0.465 e. The molecule has 1 saturated heterocycles. The van der Waals surface area contributed by atoms with Gasteiger partial charge in [0.25, 0.3) is 5.91 Å². The lowest BCUT2D eigenvalue weighted by molar-refractivity contribution is -0.143. The summed E-state index contributed by atoms with van der Waals surface area (Å²) >= 11 is 0. The number of halogens is 7. The average Bonchev–Trinajstić information content (AvgIpc) is 2.95. The van der Waals surface area contributed by atoms with Crippen LogP contribution in [0.25, 0.3) is 0 Å². The van der Waals surface area contributed by atoms with Gasteiger partial charge in [-0.2, -0.15) is 26.3 Å². The number of piperidine rings is 1. The second-order valence-electron chi connectivity index (χ2n) is 10.6. The molecule has 4 rings (SSSR count). The summed E-state index contributed by atoms with van der Waals surface area (Å²) in [6.07, 6.45) is -9.21. The maximum Gasteiger partial charge on any atom is 0.416 e. The molecule has 3 amide bonds. The number of anilines is 1. The van der Waals surface area contributed by atoms with Crippen LogP contribution in [0.3, 0.4) is 0 Å². The van der Waals surface area contributed by atoms with Gasteiger partial charge in [-0.1, -0.05) is 6.07 Å². The quantitative estimate of drug-likeness (QED) is 0.321. The molecule has 0 saturated carbocycles. The van der Waals surface area contributed by atoms with Gasteiger partial charge in [-0.3, -0.25) is 14.9 Å². The maximum atomic E-state index is 14.0. The number of amides is 3. The molecule has 16 heteroatoms. The van der Waals surface area contributed by atoms with Crippen LogP contribution in [0.1, 0.15) is 50.5 Å². The fourth-order valence-corrected chi connectivity index (χ4v) is 5.33. The van der Waals surface area contributed by atoms with Gasteiger partial charge in [0.2, 0.25) is 11.9 Å². The van der Waals surface area contributed by atoms with E-state index in [1.54, 1.807) is 6.92 Å². The second kappa shape index (κ2) is 12.7. The number of aromatic nitrogens is 2. The highest BCUT2D eigenvalue weighted by molar-refractivity contribution is 5.94. The van der Waals surface area contributed by atoms with Crippen LogP contribution in [-0.4, -0.2) is 62.9 Å². The summed E-state index contributed by atoms with van der Waals surface area (Å²) in [5, 5.41) is 10.7. The van der Waals surface area contributed by atoms with E-state index in [9.17, 15) is 45.1 Å². The second-order valence-corrected chi connectivity index (χ2v) is 10.6. The highest BCUT2D eigenvalue weighted by atomic mass is 19.4. The smallest absolute Gasteiger partial charge is 0.416 e. The van der Waals surface area contributed by atoms with Crippen LogP contribution in [0.5, 0.6) is 0 Å². The Bertz CT molecular complexity index is 1560. The first-order valence-corrected chi connectivity index (χ1v) is 13.3. The van der Waals surface area contributed by atoms with Crippen molar-refractivity contribution < 1.29 is 50.2 Å². The SMILES string of the molecule is Cc1cc(F)ccc1C1CN(C(=O)c2cnc(NC(=O)O)nc2)CCC1C(=O)N(C)Cc1cc(C(F)(F)F)cc(C(F)(F)F)c1. The lowest BCUT2D eigenvalue weighted by Gasteiger charge is -2.40. The summed E-state index contributed by atoms with van der Waals surface area (Å²) in [6.45, 7) is 1.03. The molecule has 2 atom stereocenters. The Morgan fingerprint density at radius 3 is 2.13 bits per heavy atom. The van der Waals surface area contributed by atoms with Gasteiger partial charge in [-0.15, -0.1) is 0 Å². The van der Waals surface area contributed by atoms with E-state index in [1.165, 1.54) is 30.1 Å². The number of aryl methyl sites for hydroxylation is 1. The number of nitrogens with one attached hydrogen (secondary N) is 1. The highest BCUT2D eigenvalue weighted by Gasteiger charge is 2.40.